The summed E-state index contributed by atoms with van der Waals surface area (Å²) in [6.07, 6.45) is 3.36. The molecule has 2 aromatic rings. The fraction of sp³-hybridized carbons (Fsp3) is 0.286. The van der Waals surface area contributed by atoms with E-state index in [0.717, 1.165) is 0 Å². The quantitative estimate of drug-likeness (QED) is 0.798. The van der Waals surface area contributed by atoms with Crippen molar-refractivity contribution < 1.29 is 9.90 Å². The number of carbonyl (C=O) groups is 1. The van der Waals surface area contributed by atoms with Crippen LogP contribution in [0.15, 0.2) is 35.4 Å². The second-order valence-electron chi connectivity index (χ2n) is 4.95. The van der Waals surface area contributed by atoms with Crippen molar-refractivity contribution in [3.63, 3.8) is 0 Å². The van der Waals surface area contributed by atoms with Crippen LogP contribution >= 0.6 is 0 Å². The molecule has 0 saturated carbocycles. The van der Waals surface area contributed by atoms with Gasteiger partial charge in [0.15, 0.2) is 5.88 Å². The molecule has 0 radical (unpaired) electrons. The normalized spacial score (nSPS) is 14.9. The number of anilines is 1. The van der Waals surface area contributed by atoms with Crippen LogP contribution in [0.1, 0.15) is 10.4 Å². The average Bonchev–Trinajstić information content (AvgIpc) is 2.54. The van der Waals surface area contributed by atoms with Crippen molar-refractivity contribution in [2.75, 3.05) is 31.1 Å². The molecule has 0 aliphatic carbocycles. The van der Waals surface area contributed by atoms with Gasteiger partial charge in [-0.25, -0.2) is 9.97 Å². The van der Waals surface area contributed by atoms with Crippen LogP contribution in [-0.4, -0.2) is 57.0 Å². The number of nitrogens with zero attached hydrogens (tertiary/aromatic N) is 4. The SMILES string of the molecule is O=C(c1cc(O)[nH]c(=O)c1)N1CCN(c2ncccn2)CC1. The van der Waals surface area contributed by atoms with Gasteiger partial charge in [0.25, 0.3) is 11.5 Å². The van der Waals surface area contributed by atoms with Gasteiger partial charge in [0.2, 0.25) is 5.95 Å². The second-order valence-corrected chi connectivity index (χ2v) is 4.95. The maximum absolute atomic E-state index is 12.4. The van der Waals surface area contributed by atoms with Crippen molar-refractivity contribution in [2.24, 2.45) is 0 Å². The van der Waals surface area contributed by atoms with Crippen LogP contribution in [0.2, 0.25) is 0 Å². The Labute approximate surface area is 126 Å². The predicted octanol–water partition coefficient (Wildman–Crippen LogP) is -0.167. The first-order valence-electron chi connectivity index (χ1n) is 6.88. The molecule has 8 heteroatoms. The summed E-state index contributed by atoms with van der Waals surface area (Å²) in [6, 6.07) is 4.20. The Morgan fingerprint density at radius 1 is 1.14 bits per heavy atom. The summed E-state index contributed by atoms with van der Waals surface area (Å²) in [5.74, 6) is 0.0607. The number of hydrogen-bond acceptors (Lipinski definition) is 6. The lowest BCUT2D eigenvalue weighted by Crippen LogP contribution is -2.49. The zero-order valence-electron chi connectivity index (χ0n) is 11.8. The largest absolute Gasteiger partial charge is 0.494 e. The standard InChI is InChI=1S/C14H15N5O3/c20-11-8-10(9-12(21)17-11)13(22)18-4-6-19(7-5-18)14-15-2-1-3-16-14/h1-3,8-9H,4-7H2,(H2,17,20,21). The van der Waals surface area contributed by atoms with E-state index in [1.165, 1.54) is 12.1 Å². The number of aromatic nitrogens is 3. The van der Waals surface area contributed by atoms with Gasteiger partial charge in [0.05, 0.1) is 5.56 Å². The van der Waals surface area contributed by atoms with Gasteiger partial charge in [0, 0.05) is 50.7 Å². The molecule has 0 atom stereocenters. The summed E-state index contributed by atoms with van der Waals surface area (Å²) in [5.41, 5.74) is -0.315. The molecule has 1 aliphatic heterocycles. The van der Waals surface area contributed by atoms with E-state index in [-0.39, 0.29) is 17.4 Å². The summed E-state index contributed by atoms with van der Waals surface area (Å²) in [4.78, 5) is 37.9. The number of aromatic hydroxyl groups is 1. The van der Waals surface area contributed by atoms with Crippen LogP contribution in [-0.2, 0) is 0 Å². The number of amides is 1. The zero-order valence-corrected chi connectivity index (χ0v) is 11.8. The molecule has 2 N–H and O–H groups in total. The topological polar surface area (TPSA) is 102 Å². The summed E-state index contributed by atoms with van der Waals surface area (Å²) in [7, 11) is 0. The molecule has 1 amide bonds. The highest BCUT2D eigenvalue weighted by Crippen LogP contribution is 2.13. The first kappa shape index (κ1) is 14.1. The van der Waals surface area contributed by atoms with Crippen molar-refractivity contribution in [2.45, 2.75) is 0 Å². The summed E-state index contributed by atoms with van der Waals surface area (Å²) in [6.45, 7) is 2.24. The fourth-order valence-corrected chi connectivity index (χ4v) is 2.40. The van der Waals surface area contributed by atoms with Crippen LogP contribution < -0.4 is 10.5 Å². The molecule has 3 heterocycles. The van der Waals surface area contributed by atoms with E-state index in [1.807, 2.05) is 4.90 Å². The lowest BCUT2D eigenvalue weighted by Gasteiger charge is -2.34. The van der Waals surface area contributed by atoms with Crippen molar-refractivity contribution in [1.82, 2.24) is 19.9 Å². The molecule has 0 spiro atoms. The molecule has 1 fully saturated rings. The van der Waals surface area contributed by atoms with Crippen LogP contribution in [0.4, 0.5) is 5.95 Å². The lowest BCUT2D eigenvalue weighted by molar-refractivity contribution is 0.0745. The third-order valence-electron chi connectivity index (χ3n) is 3.48. The van der Waals surface area contributed by atoms with Gasteiger partial charge < -0.3 is 14.9 Å². The van der Waals surface area contributed by atoms with Crippen molar-refractivity contribution in [3.05, 3.63) is 46.5 Å². The van der Waals surface area contributed by atoms with E-state index in [1.54, 1.807) is 23.4 Å². The number of hydrogen-bond donors (Lipinski definition) is 2. The number of aromatic amines is 1. The van der Waals surface area contributed by atoms with E-state index in [0.29, 0.717) is 32.1 Å². The molecule has 0 bridgehead atoms. The molecular formula is C14H15N5O3. The predicted molar refractivity (Wildman–Crippen MR) is 78.9 cm³/mol. The Balaban J connectivity index is 1.68. The zero-order chi connectivity index (χ0) is 15.5. The van der Waals surface area contributed by atoms with E-state index < -0.39 is 5.56 Å². The van der Waals surface area contributed by atoms with E-state index in [9.17, 15) is 14.7 Å². The average molecular weight is 301 g/mol. The van der Waals surface area contributed by atoms with Gasteiger partial charge >= 0.3 is 0 Å². The first-order chi connectivity index (χ1) is 10.6. The summed E-state index contributed by atoms with van der Waals surface area (Å²) in [5, 5.41) is 9.38. The van der Waals surface area contributed by atoms with Gasteiger partial charge in [-0.2, -0.15) is 0 Å². The maximum Gasteiger partial charge on any atom is 0.254 e. The Hall–Kier alpha value is -2.90. The number of piperazine rings is 1. The first-order valence-corrected chi connectivity index (χ1v) is 6.88. The summed E-state index contributed by atoms with van der Waals surface area (Å²) < 4.78 is 0. The number of nitrogens with one attached hydrogen (secondary N) is 1. The van der Waals surface area contributed by atoms with E-state index in [2.05, 4.69) is 15.0 Å². The molecule has 0 unspecified atom stereocenters. The molecule has 3 rings (SSSR count). The van der Waals surface area contributed by atoms with Crippen LogP contribution in [0.25, 0.3) is 0 Å². The molecular weight excluding hydrogens is 286 g/mol. The third-order valence-corrected chi connectivity index (χ3v) is 3.48. The van der Waals surface area contributed by atoms with Crippen LogP contribution in [0.3, 0.4) is 0 Å². The number of carbonyl (C=O) groups excluding carboxylic acids is 1. The smallest absolute Gasteiger partial charge is 0.254 e. The minimum Gasteiger partial charge on any atom is -0.494 e. The number of H-pyrrole nitrogens is 1. The highest BCUT2D eigenvalue weighted by atomic mass is 16.3. The minimum absolute atomic E-state index is 0.186. The van der Waals surface area contributed by atoms with Gasteiger partial charge in [-0.15, -0.1) is 0 Å². The van der Waals surface area contributed by atoms with Crippen LogP contribution in [0, 0.1) is 0 Å². The van der Waals surface area contributed by atoms with Gasteiger partial charge in [-0.1, -0.05) is 0 Å². The van der Waals surface area contributed by atoms with E-state index >= 15 is 0 Å². The van der Waals surface area contributed by atoms with Crippen molar-refractivity contribution in [3.8, 4) is 5.88 Å². The second kappa shape index (κ2) is 5.84. The van der Waals surface area contributed by atoms with E-state index in [4.69, 9.17) is 0 Å². The highest BCUT2D eigenvalue weighted by Gasteiger charge is 2.23. The Morgan fingerprint density at radius 2 is 1.82 bits per heavy atom. The minimum atomic E-state index is -0.500. The van der Waals surface area contributed by atoms with Gasteiger partial charge in [0.1, 0.15) is 0 Å². The molecule has 8 nitrogen and oxygen atoms in total. The van der Waals surface area contributed by atoms with Crippen LogP contribution in [0.5, 0.6) is 5.88 Å². The lowest BCUT2D eigenvalue weighted by atomic mass is 10.2. The molecule has 114 valence electrons. The maximum atomic E-state index is 12.4. The molecule has 22 heavy (non-hydrogen) atoms. The Kier molecular flexibility index (Phi) is 3.73. The molecule has 0 aromatic carbocycles. The summed E-state index contributed by atoms with van der Waals surface area (Å²) >= 11 is 0. The van der Waals surface area contributed by atoms with Crippen molar-refractivity contribution >= 4 is 11.9 Å². The van der Waals surface area contributed by atoms with Crippen molar-refractivity contribution in [1.29, 1.82) is 0 Å². The Morgan fingerprint density at radius 3 is 2.45 bits per heavy atom. The molecule has 1 aliphatic rings. The molecule has 1 saturated heterocycles. The highest BCUT2D eigenvalue weighted by molar-refractivity contribution is 5.94. The van der Waals surface area contributed by atoms with Gasteiger partial charge in [-0.3, -0.25) is 14.6 Å². The Bertz CT molecular complexity index is 723. The van der Waals surface area contributed by atoms with Gasteiger partial charge in [-0.05, 0) is 6.07 Å². The molecule has 2 aromatic heterocycles. The fourth-order valence-electron chi connectivity index (χ4n) is 2.40. The third kappa shape index (κ3) is 2.90. The monoisotopic (exact) mass is 301 g/mol. The number of pyridine rings is 1. The number of rotatable bonds is 2.